The average molecular weight is 202 g/mol. The van der Waals surface area contributed by atoms with Crippen molar-refractivity contribution in [2.45, 2.75) is 41.0 Å². The zero-order chi connectivity index (χ0) is 11.5. The van der Waals surface area contributed by atoms with Crippen LogP contribution in [-0.2, 0) is 0 Å². The first-order chi connectivity index (χ1) is 6.88. The Hall–Kier alpha value is -1.04. The summed E-state index contributed by atoms with van der Waals surface area (Å²) in [7, 11) is 0. The van der Waals surface area contributed by atoms with Gasteiger partial charge in [0.2, 0.25) is 0 Å². The molecular weight excluding hydrogens is 180 g/mol. The zero-order valence-corrected chi connectivity index (χ0v) is 10.6. The molecular formula is C15H22. The topological polar surface area (TPSA) is 0 Å². The fraction of sp³-hybridized carbons (Fsp3) is 0.467. The Morgan fingerprint density at radius 1 is 1.27 bits per heavy atom. The van der Waals surface area contributed by atoms with Gasteiger partial charge in [0, 0.05) is 0 Å². The molecule has 0 amide bonds. The van der Waals surface area contributed by atoms with Gasteiger partial charge >= 0.3 is 0 Å². The monoisotopic (exact) mass is 202 g/mol. The van der Waals surface area contributed by atoms with Crippen molar-refractivity contribution in [3.63, 3.8) is 0 Å². The van der Waals surface area contributed by atoms with Crippen molar-refractivity contribution >= 4 is 5.57 Å². The van der Waals surface area contributed by atoms with E-state index in [1.54, 1.807) is 0 Å². The number of benzene rings is 1. The van der Waals surface area contributed by atoms with Gasteiger partial charge in [-0.25, -0.2) is 0 Å². The first-order valence-electron chi connectivity index (χ1n) is 5.62. The number of rotatable bonds is 2. The van der Waals surface area contributed by atoms with E-state index in [0.29, 0.717) is 5.41 Å². The van der Waals surface area contributed by atoms with E-state index in [1.165, 1.54) is 16.7 Å². The number of aryl methyl sites for hydroxylation is 1. The second-order valence-electron chi connectivity index (χ2n) is 5.52. The molecule has 1 aromatic rings. The quantitative estimate of drug-likeness (QED) is 0.644. The third-order valence-electron chi connectivity index (χ3n) is 2.49. The summed E-state index contributed by atoms with van der Waals surface area (Å²) in [5.41, 5.74) is 4.44. The van der Waals surface area contributed by atoms with Gasteiger partial charge in [0.15, 0.2) is 0 Å². The minimum atomic E-state index is 0.380. The Labute approximate surface area is 94.0 Å². The van der Waals surface area contributed by atoms with Crippen molar-refractivity contribution in [1.29, 1.82) is 0 Å². The van der Waals surface area contributed by atoms with Crippen molar-refractivity contribution in [3.05, 3.63) is 41.5 Å². The van der Waals surface area contributed by atoms with Crippen LogP contribution >= 0.6 is 0 Å². The second kappa shape index (κ2) is 4.65. The molecule has 15 heavy (non-hydrogen) atoms. The van der Waals surface area contributed by atoms with E-state index in [2.05, 4.69) is 65.0 Å². The van der Waals surface area contributed by atoms with E-state index in [4.69, 9.17) is 0 Å². The van der Waals surface area contributed by atoms with Crippen LogP contribution in [0.5, 0.6) is 0 Å². The van der Waals surface area contributed by atoms with E-state index in [0.717, 1.165) is 6.42 Å². The van der Waals surface area contributed by atoms with Crippen molar-refractivity contribution in [2.75, 3.05) is 0 Å². The van der Waals surface area contributed by atoms with Crippen molar-refractivity contribution in [3.8, 4) is 0 Å². The molecule has 0 unspecified atom stereocenters. The highest BCUT2D eigenvalue weighted by atomic mass is 14.1. The van der Waals surface area contributed by atoms with Crippen molar-refractivity contribution in [1.82, 2.24) is 0 Å². The lowest BCUT2D eigenvalue weighted by Gasteiger charge is -2.15. The van der Waals surface area contributed by atoms with Crippen LogP contribution in [0.2, 0.25) is 0 Å². The van der Waals surface area contributed by atoms with Crippen LogP contribution in [0.15, 0.2) is 30.3 Å². The van der Waals surface area contributed by atoms with Gasteiger partial charge in [0.1, 0.15) is 0 Å². The maximum Gasteiger partial charge on any atom is -0.0228 e. The molecule has 0 heterocycles. The van der Waals surface area contributed by atoms with Crippen LogP contribution in [0.4, 0.5) is 0 Å². The molecule has 0 heteroatoms. The lowest BCUT2D eigenvalue weighted by molar-refractivity contribution is 0.421. The van der Waals surface area contributed by atoms with Crippen LogP contribution < -0.4 is 0 Å². The molecule has 0 nitrogen and oxygen atoms in total. The van der Waals surface area contributed by atoms with Gasteiger partial charge in [0.05, 0.1) is 0 Å². The van der Waals surface area contributed by atoms with Gasteiger partial charge in [-0.2, -0.15) is 0 Å². The first kappa shape index (κ1) is 12.0. The van der Waals surface area contributed by atoms with Crippen LogP contribution in [0.25, 0.3) is 5.57 Å². The van der Waals surface area contributed by atoms with Crippen LogP contribution in [-0.4, -0.2) is 0 Å². The summed E-state index contributed by atoms with van der Waals surface area (Å²) in [6.45, 7) is 11.1. The van der Waals surface area contributed by atoms with E-state index in [-0.39, 0.29) is 0 Å². The minimum Gasteiger partial charge on any atom is -0.0805 e. The van der Waals surface area contributed by atoms with Gasteiger partial charge in [-0.15, -0.1) is 0 Å². The van der Waals surface area contributed by atoms with Gasteiger partial charge in [-0.3, -0.25) is 0 Å². The molecule has 0 saturated carbocycles. The SMILES string of the molecule is C/C(=C\CC(C)(C)C)c1cccc(C)c1. The molecule has 0 fully saturated rings. The Morgan fingerprint density at radius 2 is 1.93 bits per heavy atom. The van der Waals surface area contributed by atoms with Crippen LogP contribution in [0.1, 0.15) is 45.2 Å². The van der Waals surface area contributed by atoms with Crippen LogP contribution in [0.3, 0.4) is 0 Å². The molecule has 0 aliphatic rings. The van der Waals surface area contributed by atoms with Gasteiger partial charge in [0.25, 0.3) is 0 Å². The number of allylic oxidation sites excluding steroid dienone is 2. The van der Waals surface area contributed by atoms with E-state index < -0.39 is 0 Å². The molecule has 82 valence electrons. The Bertz CT molecular complexity index is 351. The summed E-state index contributed by atoms with van der Waals surface area (Å²) in [4.78, 5) is 0. The van der Waals surface area contributed by atoms with Crippen molar-refractivity contribution in [2.24, 2.45) is 5.41 Å². The Kier molecular flexibility index (Phi) is 3.73. The highest BCUT2D eigenvalue weighted by molar-refractivity contribution is 5.64. The fourth-order valence-corrected chi connectivity index (χ4v) is 1.47. The Morgan fingerprint density at radius 3 is 2.47 bits per heavy atom. The Balaban J connectivity index is 2.80. The van der Waals surface area contributed by atoms with Crippen molar-refractivity contribution < 1.29 is 0 Å². The lowest BCUT2D eigenvalue weighted by atomic mass is 9.90. The molecule has 0 aromatic heterocycles. The number of hydrogen-bond donors (Lipinski definition) is 0. The average Bonchev–Trinajstić information content (AvgIpc) is 2.13. The van der Waals surface area contributed by atoms with Gasteiger partial charge in [-0.05, 0) is 36.8 Å². The maximum absolute atomic E-state index is 2.34. The third kappa shape index (κ3) is 4.33. The maximum atomic E-state index is 2.34. The molecule has 0 aliphatic heterocycles. The fourth-order valence-electron chi connectivity index (χ4n) is 1.47. The lowest BCUT2D eigenvalue weighted by Crippen LogP contribution is -2.02. The summed E-state index contributed by atoms with van der Waals surface area (Å²) >= 11 is 0. The number of hydrogen-bond acceptors (Lipinski definition) is 0. The van der Waals surface area contributed by atoms with Crippen LogP contribution in [0, 0.1) is 12.3 Å². The minimum absolute atomic E-state index is 0.380. The van der Waals surface area contributed by atoms with Gasteiger partial charge < -0.3 is 0 Å². The summed E-state index contributed by atoms with van der Waals surface area (Å²) < 4.78 is 0. The standard InChI is InChI=1S/C15H22/c1-12-7-6-8-14(11-12)13(2)9-10-15(3,4)5/h6-9,11H,10H2,1-5H3/b13-9+. The predicted octanol–water partition coefficient (Wildman–Crippen LogP) is 4.83. The predicted molar refractivity (Wildman–Crippen MR) is 68.9 cm³/mol. The smallest absolute Gasteiger partial charge is 0.0228 e. The highest BCUT2D eigenvalue weighted by Crippen LogP contribution is 2.23. The third-order valence-corrected chi connectivity index (χ3v) is 2.49. The summed E-state index contributed by atoms with van der Waals surface area (Å²) in [5, 5.41) is 0. The molecule has 0 N–H and O–H groups in total. The second-order valence-corrected chi connectivity index (χ2v) is 5.52. The molecule has 1 rings (SSSR count). The summed E-state index contributed by atoms with van der Waals surface area (Å²) in [6, 6.07) is 8.69. The zero-order valence-electron chi connectivity index (χ0n) is 10.6. The molecule has 1 aromatic carbocycles. The summed E-state index contributed by atoms with van der Waals surface area (Å²) in [5.74, 6) is 0. The molecule has 0 radical (unpaired) electrons. The van der Waals surface area contributed by atoms with E-state index >= 15 is 0 Å². The molecule has 0 saturated heterocycles. The largest absolute Gasteiger partial charge is 0.0805 e. The molecule has 0 atom stereocenters. The highest BCUT2D eigenvalue weighted by Gasteiger charge is 2.07. The summed E-state index contributed by atoms with van der Waals surface area (Å²) in [6.07, 6.45) is 3.47. The molecule has 0 bridgehead atoms. The van der Waals surface area contributed by atoms with Gasteiger partial charge in [-0.1, -0.05) is 56.7 Å². The molecule has 0 spiro atoms. The molecule has 0 aliphatic carbocycles. The normalized spacial score (nSPS) is 13.0. The van der Waals surface area contributed by atoms with E-state index in [9.17, 15) is 0 Å². The first-order valence-corrected chi connectivity index (χ1v) is 5.62. The van der Waals surface area contributed by atoms with E-state index in [1.807, 2.05) is 0 Å².